The molecule has 0 spiro atoms. The largest absolute Gasteiger partial charge is 0.466 e. The summed E-state index contributed by atoms with van der Waals surface area (Å²) in [7, 11) is 0. The highest BCUT2D eigenvalue weighted by Crippen LogP contribution is 2.18. The molecule has 152 valence electrons. The Morgan fingerprint density at radius 1 is 1.30 bits per heavy atom. The summed E-state index contributed by atoms with van der Waals surface area (Å²) in [5.41, 5.74) is 0. The Balaban J connectivity index is 0.00000364. The van der Waals surface area contributed by atoms with Crippen LogP contribution < -0.4 is 10.6 Å². The van der Waals surface area contributed by atoms with Crippen molar-refractivity contribution in [1.82, 2.24) is 15.5 Å². The molecule has 0 saturated carbocycles. The van der Waals surface area contributed by atoms with Gasteiger partial charge in [-0.15, -0.1) is 24.0 Å². The van der Waals surface area contributed by atoms with Crippen LogP contribution in [0.5, 0.6) is 0 Å². The number of likely N-dealkylation sites (tertiary alicyclic amines) is 1. The molecule has 2 rings (SSSR count). The van der Waals surface area contributed by atoms with E-state index in [1.54, 1.807) is 12.1 Å². The molecular weight excluding hydrogens is 463 g/mol. The number of nitrogens with one attached hydrogen (secondary N) is 2. The van der Waals surface area contributed by atoms with Crippen molar-refractivity contribution in [3.63, 3.8) is 0 Å². The minimum absolute atomic E-state index is 0. The summed E-state index contributed by atoms with van der Waals surface area (Å²) in [6, 6.07) is 3.30. The molecule has 1 aliphatic heterocycles. The quantitative estimate of drug-likeness (QED) is 0.199. The fraction of sp³-hybridized carbons (Fsp3) is 0.611. The van der Waals surface area contributed by atoms with Crippen LogP contribution in [0.15, 0.2) is 27.8 Å². The van der Waals surface area contributed by atoms with Gasteiger partial charge in [0.05, 0.1) is 25.3 Å². The van der Waals surface area contributed by atoms with E-state index in [0.717, 1.165) is 38.4 Å². The maximum atomic E-state index is 11.8. The summed E-state index contributed by atoms with van der Waals surface area (Å²) in [5.74, 6) is 0.728. The molecule has 1 fully saturated rings. The average Bonchev–Trinajstić information content (AvgIpc) is 3.19. The van der Waals surface area contributed by atoms with Crippen molar-refractivity contribution in [3.8, 4) is 0 Å². The van der Waals surface area contributed by atoms with E-state index in [9.17, 15) is 9.59 Å². The zero-order chi connectivity index (χ0) is 18.8. The van der Waals surface area contributed by atoms with Gasteiger partial charge in [0, 0.05) is 26.2 Å². The number of hydrogen-bond donors (Lipinski definition) is 2. The number of amides is 1. The Labute approximate surface area is 177 Å². The summed E-state index contributed by atoms with van der Waals surface area (Å²) in [4.78, 5) is 30.4. The molecule has 0 atom stereocenters. The fourth-order valence-electron chi connectivity index (χ4n) is 2.84. The van der Waals surface area contributed by atoms with Gasteiger partial charge in [0.25, 0.3) is 5.91 Å². The molecule has 0 bridgehead atoms. The number of guanidine groups is 1. The van der Waals surface area contributed by atoms with Crippen LogP contribution in [-0.2, 0) is 9.53 Å². The number of esters is 1. The van der Waals surface area contributed by atoms with E-state index in [-0.39, 0.29) is 41.8 Å². The number of ether oxygens (including phenoxy) is 1. The number of aliphatic imine (C=N–C) groups is 1. The SMILES string of the molecule is CCNC(=NCCNC(=O)c1ccco1)N1CCC(C(=O)OCC)CC1.I. The predicted octanol–water partition coefficient (Wildman–Crippen LogP) is 1.87. The van der Waals surface area contributed by atoms with Gasteiger partial charge in [-0.25, -0.2) is 0 Å². The molecule has 1 saturated heterocycles. The van der Waals surface area contributed by atoms with E-state index in [0.29, 0.717) is 25.5 Å². The van der Waals surface area contributed by atoms with Gasteiger partial charge in [0.1, 0.15) is 0 Å². The number of carbonyl (C=O) groups excluding carboxylic acids is 2. The van der Waals surface area contributed by atoms with E-state index in [4.69, 9.17) is 9.15 Å². The lowest BCUT2D eigenvalue weighted by molar-refractivity contribution is -0.149. The third-order valence-corrected chi connectivity index (χ3v) is 4.15. The maximum Gasteiger partial charge on any atom is 0.309 e. The van der Waals surface area contributed by atoms with E-state index in [2.05, 4.69) is 20.5 Å². The number of carbonyl (C=O) groups is 2. The van der Waals surface area contributed by atoms with Crippen LogP contribution in [0.3, 0.4) is 0 Å². The molecule has 2 heterocycles. The Morgan fingerprint density at radius 2 is 2.04 bits per heavy atom. The summed E-state index contributed by atoms with van der Waals surface area (Å²) in [6.07, 6.45) is 2.99. The van der Waals surface area contributed by atoms with Crippen molar-refractivity contribution in [2.75, 3.05) is 39.3 Å². The van der Waals surface area contributed by atoms with E-state index < -0.39 is 0 Å². The van der Waals surface area contributed by atoms with Crippen LogP contribution in [0.25, 0.3) is 0 Å². The molecule has 0 radical (unpaired) electrons. The third-order valence-electron chi connectivity index (χ3n) is 4.15. The van der Waals surface area contributed by atoms with Crippen molar-refractivity contribution in [1.29, 1.82) is 0 Å². The van der Waals surface area contributed by atoms with Crippen LogP contribution in [0.1, 0.15) is 37.2 Å². The molecule has 9 heteroatoms. The second-order valence-corrected chi connectivity index (χ2v) is 5.98. The first kappa shape index (κ1) is 23.3. The van der Waals surface area contributed by atoms with Crippen molar-refractivity contribution < 1.29 is 18.7 Å². The third kappa shape index (κ3) is 7.39. The number of hydrogen-bond acceptors (Lipinski definition) is 5. The minimum atomic E-state index is -0.245. The monoisotopic (exact) mass is 492 g/mol. The van der Waals surface area contributed by atoms with Crippen LogP contribution in [0.4, 0.5) is 0 Å². The standard InChI is InChI=1S/C18H28N4O4.HI/c1-3-19-18(21-10-9-20-16(23)15-6-5-13-26-15)22-11-7-14(8-12-22)17(24)25-4-2;/h5-6,13-14H,3-4,7-12H2,1-2H3,(H,19,21)(H,20,23);1H. The van der Waals surface area contributed by atoms with Crippen LogP contribution >= 0.6 is 24.0 Å². The lowest BCUT2D eigenvalue weighted by Gasteiger charge is -2.33. The normalized spacial score (nSPS) is 15.0. The van der Waals surface area contributed by atoms with Gasteiger partial charge in [-0.2, -0.15) is 0 Å². The Hall–Kier alpha value is -1.78. The van der Waals surface area contributed by atoms with Gasteiger partial charge in [-0.3, -0.25) is 14.6 Å². The zero-order valence-electron chi connectivity index (χ0n) is 15.9. The smallest absolute Gasteiger partial charge is 0.309 e. The highest BCUT2D eigenvalue weighted by Gasteiger charge is 2.27. The van der Waals surface area contributed by atoms with Gasteiger partial charge in [0.15, 0.2) is 11.7 Å². The topological polar surface area (TPSA) is 96.2 Å². The van der Waals surface area contributed by atoms with E-state index in [1.165, 1.54) is 6.26 Å². The molecule has 27 heavy (non-hydrogen) atoms. The second kappa shape index (κ2) is 12.6. The number of nitrogens with zero attached hydrogens (tertiary/aromatic N) is 2. The first-order chi connectivity index (χ1) is 12.7. The van der Waals surface area contributed by atoms with E-state index in [1.807, 2.05) is 13.8 Å². The average molecular weight is 492 g/mol. The second-order valence-electron chi connectivity index (χ2n) is 5.98. The maximum absolute atomic E-state index is 11.8. The van der Waals surface area contributed by atoms with Crippen molar-refractivity contribution >= 4 is 41.8 Å². The molecule has 1 aromatic heterocycles. The molecule has 0 aliphatic carbocycles. The number of halogens is 1. The number of rotatable bonds is 7. The first-order valence-electron chi connectivity index (χ1n) is 9.17. The minimum Gasteiger partial charge on any atom is -0.466 e. The highest BCUT2D eigenvalue weighted by atomic mass is 127. The molecule has 8 nitrogen and oxygen atoms in total. The van der Waals surface area contributed by atoms with Gasteiger partial charge >= 0.3 is 5.97 Å². The van der Waals surface area contributed by atoms with Crippen molar-refractivity contribution in [2.24, 2.45) is 10.9 Å². The lowest BCUT2D eigenvalue weighted by atomic mass is 9.97. The molecule has 0 aromatic carbocycles. The van der Waals surface area contributed by atoms with Gasteiger partial charge in [-0.1, -0.05) is 0 Å². The molecule has 1 aliphatic rings. The summed E-state index contributed by atoms with van der Waals surface area (Å²) in [5, 5.41) is 6.04. The Bertz CT molecular complexity index is 599. The molecule has 1 amide bonds. The number of piperidine rings is 1. The first-order valence-corrected chi connectivity index (χ1v) is 9.17. The van der Waals surface area contributed by atoms with Crippen molar-refractivity contribution in [3.05, 3.63) is 24.2 Å². The number of furan rings is 1. The molecular formula is C18H29IN4O4. The fourth-order valence-corrected chi connectivity index (χ4v) is 2.84. The van der Waals surface area contributed by atoms with Crippen molar-refractivity contribution in [2.45, 2.75) is 26.7 Å². The van der Waals surface area contributed by atoms with Gasteiger partial charge in [-0.05, 0) is 38.8 Å². The molecule has 2 N–H and O–H groups in total. The lowest BCUT2D eigenvalue weighted by Crippen LogP contribution is -2.47. The van der Waals surface area contributed by atoms with E-state index >= 15 is 0 Å². The predicted molar refractivity (Wildman–Crippen MR) is 113 cm³/mol. The highest BCUT2D eigenvalue weighted by molar-refractivity contribution is 14.0. The van der Waals surface area contributed by atoms with Crippen LogP contribution in [0.2, 0.25) is 0 Å². The summed E-state index contributed by atoms with van der Waals surface area (Å²) < 4.78 is 10.2. The Kier molecular flexibility index (Phi) is 10.8. The van der Waals surface area contributed by atoms with Gasteiger partial charge < -0.3 is 24.7 Å². The molecule has 0 unspecified atom stereocenters. The Morgan fingerprint density at radius 3 is 2.63 bits per heavy atom. The van der Waals surface area contributed by atoms with Gasteiger partial charge in [0.2, 0.25) is 0 Å². The summed E-state index contributed by atoms with van der Waals surface area (Å²) >= 11 is 0. The van der Waals surface area contributed by atoms with Crippen LogP contribution in [0, 0.1) is 5.92 Å². The van der Waals surface area contributed by atoms with Crippen LogP contribution in [-0.4, -0.2) is 62.1 Å². The zero-order valence-corrected chi connectivity index (χ0v) is 18.2. The summed E-state index contributed by atoms with van der Waals surface area (Å²) in [6.45, 7) is 7.43. The molecule has 1 aromatic rings.